The van der Waals surface area contributed by atoms with Crippen molar-refractivity contribution in [2.24, 2.45) is 0 Å². The lowest BCUT2D eigenvalue weighted by Gasteiger charge is -2.19. The van der Waals surface area contributed by atoms with E-state index in [0.717, 1.165) is 31.2 Å². The number of hydrogen-bond donors (Lipinski definition) is 4. The Kier molecular flexibility index (Phi) is 32.3. The van der Waals surface area contributed by atoms with E-state index in [1.54, 1.807) is 0 Å². The topological polar surface area (TPSA) is 109 Å². The van der Waals surface area contributed by atoms with Gasteiger partial charge in [0, 0.05) is 19.6 Å². The van der Waals surface area contributed by atoms with Gasteiger partial charge in [-0.05, 0) is 37.7 Å². The van der Waals surface area contributed by atoms with Gasteiger partial charge in [-0.15, -0.1) is 0 Å². The van der Waals surface area contributed by atoms with Gasteiger partial charge >= 0.3 is 12.1 Å². The second kappa shape index (κ2) is 35.6. The van der Waals surface area contributed by atoms with Gasteiger partial charge < -0.3 is 26.0 Å². The van der Waals surface area contributed by atoms with Crippen molar-refractivity contribution < 1.29 is 19.1 Å². The fourth-order valence-electron chi connectivity index (χ4n) is 6.38. The molecule has 0 heterocycles. The molecule has 1 unspecified atom stereocenters. The molecule has 0 saturated heterocycles. The summed E-state index contributed by atoms with van der Waals surface area (Å²) in [5, 5.41) is 11.7. The Bertz CT molecular complexity index is 945. The van der Waals surface area contributed by atoms with Crippen LogP contribution in [0.15, 0.2) is 30.3 Å². The van der Waals surface area contributed by atoms with Crippen LogP contribution >= 0.6 is 0 Å². The van der Waals surface area contributed by atoms with E-state index in [-0.39, 0.29) is 18.5 Å². The number of unbranched alkanes of at least 4 members (excludes halogenated alkanes) is 23. The fraction of sp³-hybridized carbons (Fsp3) is 0.791. The molecule has 8 nitrogen and oxygen atoms in total. The Balaban J connectivity index is 2.26. The van der Waals surface area contributed by atoms with Crippen LogP contribution in [-0.2, 0) is 16.1 Å². The maximum Gasteiger partial charge on any atom is 0.407 e. The molecular weight excluding hydrogens is 636 g/mol. The molecule has 294 valence electrons. The van der Waals surface area contributed by atoms with Gasteiger partial charge in [-0.3, -0.25) is 4.79 Å². The third-order valence-corrected chi connectivity index (χ3v) is 9.67. The average Bonchev–Trinajstić information content (AvgIpc) is 3.14. The van der Waals surface area contributed by atoms with Crippen molar-refractivity contribution in [1.29, 1.82) is 0 Å². The Hall–Kier alpha value is -2.77. The number of hydrogen-bond acceptors (Lipinski definition) is 4. The minimum atomic E-state index is -0.602. The van der Waals surface area contributed by atoms with Gasteiger partial charge in [-0.1, -0.05) is 185 Å². The highest BCUT2D eigenvalue weighted by molar-refractivity contribution is 5.86. The summed E-state index contributed by atoms with van der Waals surface area (Å²) in [5.74, 6) is -0.132. The van der Waals surface area contributed by atoms with E-state index in [0.29, 0.717) is 38.9 Å². The summed E-state index contributed by atoms with van der Waals surface area (Å²) in [6.07, 6.45) is 32.1. The first-order chi connectivity index (χ1) is 25.1. The van der Waals surface area contributed by atoms with Crippen LogP contribution in [0.1, 0.15) is 193 Å². The predicted molar refractivity (Wildman–Crippen MR) is 214 cm³/mol. The van der Waals surface area contributed by atoms with E-state index in [9.17, 15) is 14.4 Å². The number of nitrogens with one attached hydrogen (secondary N) is 4. The molecule has 1 rings (SSSR count). The van der Waals surface area contributed by atoms with Gasteiger partial charge in [-0.25, -0.2) is 9.59 Å². The van der Waals surface area contributed by atoms with E-state index in [2.05, 4.69) is 35.1 Å². The van der Waals surface area contributed by atoms with E-state index in [4.69, 9.17) is 4.74 Å². The third-order valence-electron chi connectivity index (χ3n) is 9.67. The zero-order chi connectivity index (χ0) is 36.9. The van der Waals surface area contributed by atoms with E-state index in [1.165, 1.54) is 128 Å². The summed E-state index contributed by atoms with van der Waals surface area (Å²) < 4.78 is 5.28. The number of urea groups is 1. The molecule has 8 heteroatoms. The predicted octanol–water partition coefficient (Wildman–Crippen LogP) is 11.3. The Morgan fingerprint density at radius 3 is 1.41 bits per heavy atom. The molecule has 0 saturated carbocycles. The molecule has 0 radical (unpaired) electrons. The van der Waals surface area contributed by atoms with Crippen LogP contribution in [0.5, 0.6) is 0 Å². The molecule has 1 atom stereocenters. The molecule has 0 bridgehead atoms. The number of amides is 4. The lowest BCUT2D eigenvalue weighted by Crippen LogP contribution is -2.50. The smallest absolute Gasteiger partial charge is 0.407 e. The fourth-order valence-corrected chi connectivity index (χ4v) is 6.38. The minimum Gasteiger partial charge on any atom is -0.445 e. The van der Waals surface area contributed by atoms with Gasteiger partial charge in [0.1, 0.15) is 12.6 Å². The number of rotatable bonds is 35. The molecule has 0 fully saturated rings. The molecule has 4 amide bonds. The van der Waals surface area contributed by atoms with Crippen LogP contribution in [0.3, 0.4) is 0 Å². The van der Waals surface area contributed by atoms with Crippen molar-refractivity contribution in [3.8, 4) is 0 Å². The normalized spacial score (nSPS) is 11.6. The monoisotopic (exact) mass is 715 g/mol. The highest BCUT2D eigenvalue weighted by Gasteiger charge is 2.20. The van der Waals surface area contributed by atoms with Crippen LogP contribution in [-0.4, -0.2) is 43.7 Å². The maximum atomic E-state index is 13.1. The minimum absolute atomic E-state index is 0.132. The zero-order valence-corrected chi connectivity index (χ0v) is 33.0. The summed E-state index contributed by atoms with van der Waals surface area (Å²) >= 11 is 0. The number of carbonyl (C=O) groups is 3. The number of ether oxygens (including phenoxy) is 1. The van der Waals surface area contributed by atoms with Crippen molar-refractivity contribution in [1.82, 2.24) is 21.3 Å². The molecule has 0 aromatic heterocycles. The maximum absolute atomic E-state index is 13.1. The summed E-state index contributed by atoms with van der Waals surface area (Å²) in [7, 11) is 0. The van der Waals surface area contributed by atoms with Gasteiger partial charge in [0.2, 0.25) is 5.91 Å². The van der Waals surface area contributed by atoms with Gasteiger partial charge in [0.05, 0.1) is 0 Å². The first-order valence-corrected chi connectivity index (χ1v) is 21.3. The molecule has 1 aromatic rings. The molecule has 0 aliphatic carbocycles. The molecule has 0 aliphatic rings. The molecule has 4 N–H and O–H groups in total. The van der Waals surface area contributed by atoms with Crippen molar-refractivity contribution in [3.63, 3.8) is 0 Å². The third kappa shape index (κ3) is 30.6. The Morgan fingerprint density at radius 1 is 0.510 bits per heavy atom. The lowest BCUT2D eigenvalue weighted by atomic mass is 10.0. The summed E-state index contributed by atoms with van der Waals surface area (Å²) in [4.78, 5) is 37.9. The second-order valence-electron chi connectivity index (χ2n) is 14.5. The quantitative estimate of drug-likeness (QED) is 0.0525. The molecule has 0 aliphatic heterocycles. The van der Waals surface area contributed by atoms with Crippen molar-refractivity contribution >= 4 is 18.0 Å². The summed E-state index contributed by atoms with van der Waals surface area (Å²) in [5.41, 5.74) is 0.938. The van der Waals surface area contributed by atoms with Gasteiger partial charge in [-0.2, -0.15) is 0 Å². The van der Waals surface area contributed by atoms with Crippen LogP contribution in [0.25, 0.3) is 0 Å². The lowest BCUT2D eigenvalue weighted by molar-refractivity contribution is -0.123. The highest BCUT2D eigenvalue weighted by Crippen LogP contribution is 2.13. The van der Waals surface area contributed by atoms with Crippen LogP contribution in [0.4, 0.5) is 9.59 Å². The standard InChI is InChI=1S/C43H78N4O4/c1-3-5-7-9-11-13-15-16-17-18-20-22-24-30-36-45-42(49)47-40(41(48)44-35-29-23-21-19-14-12-10-8-6-4-2)34-28-31-37-46-43(50)51-38-39-32-26-25-27-33-39/h25-27,32-33,40H,3-24,28-31,34-38H2,1-2H3,(H,44,48)(H,46,50)(H2,45,47,49). The first kappa shape index (κ1) is 46.3. The first-order valence-electron chi connectivity index (χ1n) is 21.3. The number of carbonyl (C=O) groups excluding carboxylic acids is 3. The van der Waals surface area contributed by atoms with E-state index < -0.39 is 12.1 Å². The Labute approximate surface area is 313 Å². The molecular formula is C43H78N4O4. The average molecular weight is 715 g/mol. The van der Waals surface area contributed by atoms with Crippen molar-refractivity contribution in [2.75, 3.05) is 19.6 Å². The Morgan fingerprint density at radius 2 is 0.922 bits per heavy atom. The SMILES string of the molecule is CCCCCCCCCCCCCCCCNC(=O)NC(CCCCNC(=O)OCc1ccccc1)C(=O)NCCCCCCCCCCCC. The van der Waals surface area contributed by atoms with Crippen LogP contribution in [0, 0.1) is 0 Å². The van der Waals surface area contributed by atoms with Crippen molar-refractivity contribution in [3.05, 3.63) is 35.9 Å². The summed E-state index contributed by atoms with van der Waals surface area (Å²) in [6.45, 7) is 6.44. The van der Waals surface area contributed by atoms with Crippen molar-refractivity contribution in [2.45, 2.75) is 200 Å². The van der Waals surface area contributed by atoms with Gasteiger partial charge in [0.25, 0.3) is 0 Å². The molecule has 1 aromatic carbocycles. The van der Waals surface area contributed by atoms with E-state index >= 15 is 0 Å². The molecule has 0 spiro atoms. The van der Waals surface area contributed by atoms with Gasteiger partial charge in [0.15, 0.2) is 0 Å². The number of alkyl carbamates (subject to hydrolysis) is 1. The largest absolute Gasteiger partial charge is 0.445 e. The number of benzene rings is 1. The summed E-state index contributed by atoms with van der Waals surface area (Å²) in [6, 6.07) is 8.69. The second-order valence-corrected chi connectivity index (χ2v) is 14.5. The molecule has 51 heavy (non-hydrogen) atoms. The van der Waals surface area contributed by atoms with E-state index in [1.807, 2.05) is 30.3 Å². The zero-order valence-electron chi connectivity index (χ0n) is 33.0. The highest BCUT2D eigenvalue weighted by atomic mass is 16.5. The van der Waals surface area contributed by atoms with Crippen LogP contribution < -0.4 is 21.3 Å². The van der Waals surface area contributed by atoms with Crippen LogP contribution in [0.2, 0.25) is 0 Å².